The van der Waals surface area contributed by atoms with Gasteiger partial charge in [0.05, 0.1) is 10.4 Å². The lowest BCUT2D eigenvalue weighted by Crippen LogP contribution is -2.31. The number of hydrogen-bond donors (Lipinski definition) is 0. The highest BCUT2D eigenvalue weighted by Crippen LogP contribution is 2.49. The van der Waals surface area contributed by atoms with Crippen LogP contribution in [-0.4, -0.2) is 14.8 Å². The minimum atomic E-state index is -0.0293. The van der Waals surface area contributed by atoms with Crippen molar-refractivity contribution in [3.8, 4) is 0 Å². The highest BCUT2D eigenvalue weighted by molar-refractivity contribution is 9.09. The summed E-state index contributed by atoms with van der Waals surface area (Å²) in [6.07, 6.45) is 9.56. The van der Waals surface area contributed by atoms with Gasteiger partial charge in [-0.25, -0.2) is 9.67 Å². The Labute approximate surface area is 122 Å². The molecule has 1 saturated carbocycles. The summed E-state index contributed by atoms with van der Waals surface area (Å²) in [6, 6.07) is 11.1. The molecular weight excluding hydrogens is 302 g/mol. The lowest BCUT2D eigenvalue weighted by molar-refractivity contribution is 0.334. The Morgan fingerprint density at radius 2 is 2.00 bits per heavy atom. The molecule has 1 heterocycles. The molecule has 3 nitrogen and oxygen atoms in total. The molecule has 4 heteroatoms. The van der Waals surface area contributed by atoms with Crippen molar-refractivity contribution in [3.63, 3.8) is 0 Å². The van der Waals surface area contributed by atoms with Crippen molar-refractivity contribution in [3.05, 3.63) is 48.5 Å². The molecule has 2 aromatic rings. The van der Waals surface area contributed by atoms with Gasteiger partial charge < -0.3 is 0 Å². The van der Waals surface area contributed by atoms with E-state index in [1.807, 2.05) is 11.0 Å². The van der Waals surface area contributed by atoms with Crippen LogP contribution in [-0.2, 0) is 4.32 Å². The average molecular weight is 320 g/mol. The molecule has 0 N–H and O–H groups in total. The zero-order valence-electron chi connectivity index (χ0n) is 10.9. The lowest BCUT2D eigenvalue weighted by Gasteiger charge is -2.35. The summed E-state index contributed by atoms with van der Waals surface area (Å²) < 4.78 is 1.99. The molecule has 0 radical (unpaired) electrons. The van der Waals surface area contributed by atoms with E-state index in [1.54, 1.807) is 6.33 Å². The van der Waals surface area contributed by atoms with Gasteiger partial charge in [-0.05, 0) is 18.4 Å². The summed E-state index contributed by atoms with van der Waals surface area (Å²) >= 11 is 4.05. The highest BCUT2D eigenvalue weighted by Gasteiger charge is 2.40. The fourth-order valence-electron chi connectivity index (χ4n) is 3.06. The van der Waals surface area contributed by atoms with Crippen molar-refractivity contribution in [2.75, 3.05) is 0 Å². The summed E-state index contributed by atoms with van der Waals surface area (Å²) in [5, 5.41) is 4.38. The third-order valence-corrected chi connectivity index (χ3v) is 5.44. The smallest absolute Gasteiger partial charge is 0.137 e. The number of alkyl halides is 1. The molecule has 1 aromatic heterocycles. The molecule has 1 fully saturated rings. The van der Waals surface area contributed by atoms with E-state index in [-0.39, 0.29) is 4.32 Å². The number of rotatable bonds is 2. The second-order valence-corrected chi connectivity index (χ2v) is 6.63. The van der Waals surface area contributed by atoms with Gasteiger partial charge in [0.15, 0.2) is 0 Å². The van der Waals surface area contributed by atoms with E-state index in [0.717, 1.165) is 12.8 Å². The third kappa shape index (κ3) is 2.46. The molecule has 2 unspecified atom stereocenters. The molecule has 0 saturated heterocycles. The Morgan fingerprint density at radius 1 is 1.16 bits per heavy atom. The maximum atomic E-state index is 4.38. The first-order valence-corrected chi connectivity index (χ1v) is 7.68. The monoisotopic (exact) mass is 319 g/mol. The Kier molecular flexibility index (Phi) is 3.69. The second-order valence-electron chi connectivity index (χ2n) is 5.22. The Bertz CT molecular complexity index is 511. The molecule has 0 bridgehead atoms. The van der Waals surface area contributed by atoms with Crippen LogP contribution in [0.5, 0.6) is 0 Å². The fraction of sp³-hybridized carbons (Fsp3) is 0.467. The maximum absolute atomic E-state index is 4.38. The van der Waals surface area contributed by atoms with E-state index in [9.17, 15) is 0 Å². The quantitative estimate of drug-likeness (QED) is 0.617. The van der Waals surface area contributed by atoms with E-state index in [0.29, 0.717) is 6.04 Å². The maximum Gasteiger partial charge on any atom is 0.137 e. The van der Waals surface area contributed by atoms with E-state index in [4.69, 9.17) is 0 Å². The van der Waals surface area contributed by atoms with E-state index >= 15 is 0 Å². The Balaban J connectivity index is 2.03. The second kappa shape index (κ2) is 5.45. The summed E-state index contributed by atoms with van der Waals surface area (Å²) in [5.41, 5.74) is 1.34. The largest absolute Gasteiger partial charge is 0.248 e. The normalized spacial score (nSPS) is 27.9. The minimum Gasteiger partial charge on any atom is -0.248 e. The molecular formula is C15H18BrN3. The molecule has 1 aromatic carbocycles. The van der Waals surface area contributed by atoms with E-state index < -0.39 is 0 Å². The van der Waals surface area contributed by atoms with Crippen molar-refractivity contribution < 1.29 is 0 Å². The first-order chi connectivity index (χ1) is 9.31. The lowest BCUT2D eigenvalue weighted by atomic mass is 9.87. The molecule has 19 heavy (non-hydrogen) atoms. The van der Waals surface area contributed by atoms with Gasteiger partial charge in [-0.15, -0.1) is 0 Å². The number of nitrogens with zero attached hydrogens (tertiary/aromatic N) is 3. The van der Waals surface area contributed by atoms with E-state index in [2.05, 4.69) is 56.3 Å². The number of aromatic nitrogens is 3. The van der Waals surface area contributed by atoms with Gasteiger partial charge in [0.2, 0.25) is 0 Å². The molecule has 3 rings (SSSR count). The van der Waals surface area contributed by atoms with Gasteiger partial charge in [-0.2, -0.15) is 5.10 Å². The fourth-order valence-corrected chi connectivity index (χ4v) is 4.05. The molecule has 100 valence electrons. The molecule has 2 atom stereocenters. The summed E-state index contributed by atoms with van der Waals surface area (Å²) in [7, 11) is 0. The van der Waals surface area contributed by atoms with Gasteiger partial charge in [-0.3, -0.25) is 0 Å². The van der Waals surface area contributed by atoms with Crippen LogP contribution in [0.15, 0.2) is 43.0 Å². The zero-order chi connectivity index (χ0) is 13.1. The van der Waals surface area contributed by atoms with Crippen molar-refractivity contribution in [2.45, 2.75) is 42.5 Å². The predicted molar refractivity (Wildman–Crippen MR) is 79.2 cm³/mol. The SMILES string of the molecule is BrC1(c2ccccc2)CCCCCC1n1cncn1. The summed E-state index contributed by atoms with van der Waals surface area (Å²) in [4.78, 5) is 4.12. The first-order valence-electron chi connectivity index (χ1n) is 6.89. The van der Waals surface area contributed by atoms with Crippen LogP contribution in [0.25, 0.3) is 0 Å². The zero-order valence-corrected chi connectivity index (χ0v) is 12.5. The van der Waals surface area contributed by atoms with Crippen molar-refractivity contribution >= 4 is 15.9 Å². The standard InChI is InChI=1S/C15H18BrN3/c16-15(13-7-3-1-4-8-13)10-6-2-5-9-14(15)19-12-17-11-18-19/h1,3-4,7-8,11-12,14H,2,5-6,9-10H2. The molecule has 0 amide bonds. The van der Waals surface area contributed by atoms with Crippen LogP contribution in [0, 0.1) is 0 Å². The molecule has 1 aliphatic carbocycles. The Hall–Kier alpha value is -1.16. The molecule has 0 aliphatic heterocycles. The predicted octanol–water partition coefficient (Wildman–Crippen LogP) is 4.07. The first kappa shape index (κ1) is 12.9. The van der Waals surface area contributed by atoms with Crippen molar-refractivity contribution in [1.82, 2.24) is 14.8 Å². The van der Waals surface area contributed by atoms with Crippen LogP contribution in [0.3, 0.4) is 0 Å². The highest BCUT2D eigenvalue weighted by atomic mass is 79.9. The molecule has 1 aliphatic rings. The van der Waals surface area contributed by atoms with Gasteiger partial charge in [-0.1, -0.05) is 65.5 Å². The van der Waals surface area contributed by atoms with Gasteiger partial charge in [0.1, 0.15) is 12.7 Å². The Morgan fingerprint density at radius 3 is 2.74 bits per heavy atom. The van der Waals surface area contributed by atoms with Crippen LogP contribution in [0.4, 0.5) is 0 Å². The van der Waals surface area contributed by atoms with Crippen LogP contribution < -0.4 is 0 Å². The van der Waals surface area contributed by atoms with Gasteiger partial charge in [0.25, 0.3) is 0 Å². The van der Waals surface area contributed by atoms with Crippen LogP contribution in [0.2, 0.25) is 0 Å². The van der Waals surface area contributed by atoms with Gasteiger partial charge >= 0.3 is 0 Å². The summed E-state index contributed by atoms with van der Waals surface area (Å²) in [6.45, 7) is 0. The van der Waals surface area contributed by atoms with Crippen LogP contribution >= 0.6 is 15.9 Å². The number of benzene rings is 1. The van der Waals surface area contributed by atoms with Gasteiger partial charge in [0, 0.05) is 0 Å². The van der Waals surface area contributed by atoms with Crippen LogP contribution in [0.1, 0.15) is 43.7 Å². The topological polar surface area (TPSA) is 30.7 Å². The third-order valence-electron chi connectivity index (χ3n) is 4.06. The number of halogens is 1. The summed E-state index contributed by atoms with van der Waals surface area (Å²) in [5.74, 6) is 0. The minimum absolute atomic E-state index is 0.0293. The average Bonchev–Trinajstić information content (AvgIpc) is 2.90. The van der Waals surface area contributed by atoms with E-state index in [1.165, 1.54) is 24.8 Å². The number of hydrogen-bond acceptors (Lipinski definition) is 2. The van der Waals surface area contributed by atoms with Crippen molar-refractivity contribution in [2.24, 2.45) is 0 Å². The van der Waals surface area contributed by atoms with Crippen molar-refractivity contribution in [1.29, 1.82) is 0 Å². The molecule has 0 spiro atoms.